The summed E-state index contributed by atoms with van der Waals surface area (Å²) in [4.78, 5) is 30.6. The number of rotatable bonds is 14. The predicted octanol–water partition coefficient (Wildman–Crippen LogP) is 3.38. The number of methoxy groups -OCH3 is 3. The lowest BCUT2D eigenvalue weighted by atomic mass is 10.1. The van der Waals surface area contributed by atoms with Crippen molar-refractivity contribution in [2.24, 2.45) is 0 Å². The van der Waals surface area contributed by atoms with Gasteiger partial charge in [-0.05, 0) is 85.5 Å². The molecule has 2 aromatic heterocycles. The van der Waals surface area contributed by atoms with Crippen LogP contribution in [0.5, 0.6) is 17.2 Å². The molecule has 13 nitrogen and oxygen atoms in total. The second-order valence-electron chi connectivity index (χ2n) is 10.6. The van der Waals surface area contributed by atoms with E-state index < -0.39 is 6.04 Å². The third kappa shape index (κ3) is 7.79. The van der Waals surface area contributed by atoms with Gasteiger partial charge in [0, 0.05) is 25.3 Å². The first-order valence-electron chi connectivity index (χ1n) is 14.8. The first-order chi connectivity index (χ1) is 21.9. The van der Waals surface area contributed by atoms with Gasteiger partial charge in [0.05, 0.1) is 27.4 Å². The number of benzene rings is 2. The van der Waals surface area contributed by atoms with Crippen LogP contribution in [0.25, 0.3) is 11.4 Å². The smallest absolute Gasteiger partial charge is 0.250 e. The lowest BCUT2D eigenvalue weighted by Gasteiger charge is -2.30. The SMILES string of the molecule is COc1ccc(-c2nnn(CC(=O)N(CCc3ccc(OC)c(OC)c3)[C@@H](C(=O)NC[C@@H]3CCCO3)c3ccc(C)o3)n2)cc1. The molecule has 1 aliphatic heterocycles. The molecule has 5 rings (SSSR count). The van der Waals surface area contributed by atoms with Crippen molar-refractivity contribution in [3.63, 3.8) is 0 Å². The van der Waals surface area contributed by atoms with Gasteiger partial charge in [0.25, 0.3) is 5.91 Å². The van der Waals surface area contributed by atoms with Crippen molar-refractivity contribution < 1.29 is 33.0 Å². The predicted molar refractivity (Wildman–Crippen MR) is 163 cm³/mol. The maximum atomic E-state index is 14.1. The number of nitrogens with one attached hydrogen (secondary N) is 1. The summed E-state index contributed by atoms with van der Waals surface area (Å²) in [5, 5.41) is 15.7. The molecule has 0 spiro atoms. The Morgan fingerprint density at radius 2 is 1.84 bits per heavy atom. The van der Waals surface area contributed by atoms with Gasteiger partial charge in [-0.15, -0.1) is 10.2 Å². The lowest BCUT2D eigenvalue weighted by Crippen LogP contribution is -2.47. The summed E-state index contributed by atoms with van der Waals surface area (Å²) in [6.45, 7) is 2.74. The maximum Gasteiger partial charge on any atom is 0.250 e. The number of furan rings is 1. The molecule has 2 aromatic carbocycles. The van der Waals surface area contributed by atoms with E-state index in [-0.39, 0.29) is 31.0 Å². The Morgan fingerprint density at radius 1 is 1.04 bits per heavy atom. The number of carbonyl (C=O) groups is 2. The molecule has 0 aliphatic carbocycles. The van der Waals surface area contributed by atoms with E-state index >= 15 is 0 Å². The van der Waals surface area contributed by atoms with Crippen molar-refractivity contribution in [3.05, 3.63) is 71.7 Å². The molecule has 4 aromatic rings. The topological polar surface area (TPSA) is 143 Å². The highest BCUT2D eigenvalue weighted by Gasteiger charge is 2.35. The van der Waals surface area contributed by atoms with Crippen molar-refractivity contribution >= 4 is 11.8 Å². The molecular formula is C32H38N6O7. The summed E-state index contributed by atoms with van der Waals surface area (Å²) in [6.07, 6.45) is 2.16. The highest BCUT2D eigenvalue weighted by Crippen LogP contribution is 2.29. The zero-order valence-corrected chi connectivity index (χ0v) is 25.9. The van der Waals surface area contributed by atoms with E-state index in [9.17, 15) is 9.59 Å². The van der Waals surface area contributed by atoms with Crippen LogP contribution < -0.4 is 19.5 Å². The highest BCUT2D eigenvalue weighted by molar-refractivity contribution is 5.88. The molecule has 2 atom stereocenters. The van der Waals surface area contributed by atoms with Gasteiger partial charge in [-0.3, -0.25) is 9.59 Å². The molecule has 0 saturated carbocycles. The van der Waals surface area contributed by atoms with Crippen LogP contribution >= 0.6 is 0 Å². The minimum absolute atomic E-state index is 0.0698. The summed E-state index contributed by atoms with van der Waals surface area (Å²) in [7, 11) is 4.73. The van der Waals surface area contributed by atoms with Crippen LogP contribution in [0.1, 0.15) is 36.0 Å². The number of amides is 2. The molecule has 0 radical (unpaired) electrons. The lowest BCUT2D eigenvalue weighted by molar-refractivity contribution is -0.142. The molecule has 1 aliphatic rings. The average Bonchev–Trinajstić information content (AvgIpc) is 3.85. The zero-order valence-electron chi connectivity index (χ0n) is 25.9. The molecule has 1 N–H and O–H groups in total. The Morgan fingerprint density at radius 3 is 2.51 bits per heavy atom. The number of carbonyl (C=O) groups excluding carboxylic acids is 2. The van der Waals surface area contributed by atoms with E-state index in [1.807, 2.05) is 30.3 Å². The number of aryl methyl sites for hydroxylation is 1. The van der Waals surface area contributed by atoms with Gasteiger partial charge in [-0.25, -0.2) is 0 Å². The van der Waals surface area contributed by atoms with Crippen molar-refractivity contribution in [1.82, 2.24) is 30.4 Å². The Bertz CT molecular complexity index is 1580. The normalized spacial score (nSPS) is 15.0. The highest BCUT2D eigenvalue weighted by atomic mass is 16.5. The van der Waals surface area contributed by atoms with E-state index in [2.05, 4.69) is 20.7 Å². The molecule has 1 saturated heterocycles. The first kappa shape index (κ1) is 31.5. The molecule has 45 heavy (non-hydrogen) atoms. The quantitative estimate of drug-likeness (QED) is 0.223. The average molecular weight is 619 g/mol. The Kier molecular flexibility index (Phi) is 10.3. The minimum Gasteiger partial charge on any atom is -0.497 e. The summed E-state index contributed by atoms with van der Waals surface area (Å²) >= 11 is 0. The fraction of sp³-hybridized carbons (Fsp3) is 0.406. The van der Waals surface area contributed by atoms with E-state index in [0.717, 1.165) is 24.0 Å². The second-order valence-corrected chi connectivity index (χ2v) is 10.6. The molecule has 3 heterocycles. The molecule has 1 fully saturated rings. The molecule has 238 valence electrons. The third-order valence-corrected chi connectivity index (χ3v) is 7.61. The van der Waals surface area contributed by atoms with Crippen molar-refractivity contribution in [3.8, 4) is 28.6 Å². The van der Waals surface area contributed by atoms with Crippen LogP contribution in [0.2, 0.25) is 0 Å². The number of aromatic nitrogens is 4. The number of tetrazole rings is 1. The van der Waals surface area contributed by atoms with E-state index in [1.54, 1.807) is 52.5 Å². The van der Waals surface area contributed by atoms with Crippen LogP contribution in [0.3, 0.4) is 0 Å². The molecule has 13 heteroatoms. The Balaban J connectivity index is 1.41. The van der Waals surface area contributed by atoms with Gasteiger partial charge in [0.15, 0.2) is 17.5 Å². The van der Waals surface area contributed by atoms with Gasteiger partial charge in [-0.2, -0.15) is 4.80 Å². The number of ether oxygens (including phenoxy) is 4. The summed E-state index contributed by atoms with van der Waals surface area (Å²) < 4.78 is 27.7. The first-order valence-corrected chi connectivity index (χ1v) is 14.8. The van der Waals surface area contributed by atoms with Crippen LogP contribution in [0.15, 0.2) is 59.0 Å². The van der Waals surface area contributed by atoms with Gasteiger partial charge >= 0.3 is 0 Å². The fourth-order valence-corrected chi connectivity index (χ4v) is 5.20. The monoisotopic (exact) mass is 618 g/mol. The molecule has 2 amide bonds. The minimum atomic E-state index is -1.04. The second kappa shape index (κ2) is 14.7. The van der Waals surface area contributed by atoms with E-state index in [4.69, 9.17) is 23.4 Å². The van der Waals surface area contributed by atoms with Gasteiger partial charge < -0.3 is 33.6 Å². The summed E-state index contributed by atoms with van der Waals surface area (Å²) in [5.74, 6) is 2.43. The van der Waals surface area contributed by atoms with Crippen LogP contribution in [-0.2, 0) is 27.3 Å². The van der Waals surface area contributed by atoms with Crippen LogP contribution in [-0.4, -0.2) is 84.1 Å². The third-order valence-electron chi connectivity index (χ3n) is 7.61. The van der Waals surface area contributed by atoms with E-state index in [1.165, 1.54) is 9.70 Å². The fourth-order valence-electron chi connectivity index (χ4n) is 5.20. The summed E-state index contributed by atoms with van der Waals surface area (Å²) in [6, 6.07) is 15.2. The molecule has 0 unspecified atom stereocenters. The van der Waals surface area contributed by atoms with Crippen molar-refractivity contribution in [2.45, 2.75) is 44.9 Å². The number of hydrogen-bond acceptors (Lipinski definition) is 10. The van der Waals surface area contributed by atoms with Crippen molar-refractivity contribution in [2.75, 3.05) is 41.0 Å². The Labute approximate surface area is 261 Å². The van der Waals surface area contributed by atoms with Gasteiger partial charge in [-0.1, -0.05) is 6.07 Å². The number of nitrogens with zero attached hydrogens (tertiary/aromatic N) is 5. The van der Waals surface area contributed by atoms with E-state index in [0.29, 0.717) is 54.2 Å². The van der Waals surface area contributed by atoms with Gasteiger partial charge in [0.1, 0.15) is 23.8 Å². The Hall–Kier alpha value is -4.91. The molecular weight excluding hydrogens is 580 g/mol. The molecule has 0 bridgehead atoms. The maximum absolute atomic E-state index is 14.1. The van der Waals surface area contributed by atoms with Crippen LogP contribution in [0.4, 0.5) is 0 Å². The zero-order chi connectivity index (χ0) is 31.8. The number of hydrogen-bond donors (Lipinski definition) is 1. The standard InChI is InChI=1S/C32H38N6O7/c1-21-7-13-27(45-21)30(32(40)33-19-25-6-5-17-44-25)37(16-15-22-8-14-26(42-3)28(18-22)43-4)29(39)20-38-35-31(34-36-38)23-9-11-24(41-2)12-10-23/h7-14,18,25,30H,5-6,15-17,19-20H2,1-4H3,(H,33,40)/t25-,30+/m0/s1. The van der Waals surface area contributed by atoms with Crippen LogP contribution in [0, 0.1) is 6.92 Å². The van der Waals surface area contributed by atoms with Gasteiger partial charge in [0.2, 0.25) is 11.7 Å². The largest absolute Gasteiger partial charge is 0.497 e. The summed E-state index contributed by atoms with van der Waals surface area (Å²) in [5.41, 5.74) is 1.61. The van der Waals surface area contributed by atoms with Crippen molar-refractivity contribution in [1.29, 1.82) is 0 Å².